The van der Waals surface area contributed by atoms with Crippen molar-refractivity contribution in [1.82, 2.24) is 10.6 Å². The zero-order valence-corrected chi connectivity index (χ0v) is 15.5. The topological polar surface area (TPSA) is 58.2 Å². The Balaban J connectivity index is 1.72. The minimum atomic E-state index is -0.206. The molecule has 4 nitrogen and oxygen atoms in total. The van der Waals surface area contributed by atoms with Crippen LogP contribution in [0.25, 0.3) is 0 Å². The molecule has 0 aliphatic carbocycles. The first-order valence-corrected chi connectivity index (χ1v) is 9.22. The summed E-state index contributed by atoms with van der Waals surface area (Å²) in [6, 6.07) is 6.76. The number of rotatable bonds is 7. The summed E-state index contributed by atoms with van der Waals surface area (Å²) in [6.07, 6.45) is 0.905. The zero-order valence-electron chi connectivity index (χ0n) is 13.1. The van der Waals surface area contributed by atoms with Crippen LogP contribution >= 0.6 is 34.5 Å². The standard InChI is InChI=1S/C17H18Cl2N2O2S/c1-11(14-5-4-13(18)9-15(14)19)21-16(22)3-2-7-20-17(23)12-6-8-24-10-12/h4-6,8-11H,2-3,7H2,1H3,(H,20,23)(H,21,22)/t11-/m1/s1. The highest BCUT2D eigenvalue weighted by Crippen LogP contribution is 2.26. The summed E-state index contributed by atoms with van der Waals surface area (Å²) in [6.45, 7) is 2.32. The summed E-state index contributed by atoms with van der Waals surface area (Å²) in [7, 11) is 0. The van der Waals surface area contributed by atoms with E-state index in [0.717, 1.165) is 5.56 Å². The summed E-state index contributed by atoms with van der Waals surface area (Å²) >= 11 is 13.5. The van der Waals surface area contributed by atoms with E-state index in [1.165, 1.54) is 11.3 Å². The Labute approximate surface area is 155 Å². The number of amides is 2. The molecule has 0 saturated heterocycles. The van der Waals surface area contributed by atoms with E-state index >= 15 is 0 Å². The van der Waals surface area contributed by atoms with E-state index in [2.05, 4.69) is 10.6 Å². The van der Waals surface area contributed by atoms with Gasteiger partial charge in [0.1, 0.15) is 0 Å². The van der Waals surface area contributed by atoms with E-state index in [-0.39, 0.29) is 17.9 Å². The zero-order chi connectivity index (χ0) is 17.5. The fourth-order valence-electron chi connectivity index (χ4n) is 2.19. The van der Waals surface area contributed by atoms with Crippen molar-refractivity contribution in [3.63, 3.8) is 0 Å². The van der Waals surface area contributed by atoms with E-state index in [9.17, 15) is 9.59 Å². The number of halogens is 2. The summed E-state index contributed by atoms with van der Waals surface area (Å²) in [5.41, 5.74) is 1.47. The monoisotopic (exact) mass is 384 g/mol. The van der Waals surface area contributed by atoms with E-state index in [0.29, 0.717) is 35.0 Å². The normalized spacial score (nSPS) is 11.8. The van der Waals surface area contributed by atoms with Crippen molar-refractivity contribution in [3.05, 3.63) is 56.2 Å². The molecule has 0 aliphatic heterocycles. The molecule has 0 saturated carbocycles. The third-order valence-corrected chi connectivity index (χ3v) is 4.70. The first kappa shape index (κ1) is 18.8. The highest BCUT2D eigenvalue weighted by molar-refractivity contribution is 7.08. The number of hydrogen-bond acceptors (Lipinski definition) is 3. The molecule has 0 radical (unpaired) electrons. The number of benzene rings is 1. The van der Waals surface area contributed by atoms with E-state index < -0.39 is 0 Å². The van der Waals surface area contributed by atoms with Gasteiger partial charge in [-0.3, -0.25) is 9.59 Å². The second-order valence-corrected chi connectivity index (χ2v) is 6.95. The Hall–Kier alpha value is -1.56. The van der Waals surface area contributed by atoms with Gasteiger partial charge in [-0.25, -0.2) is 0 Å². The quantitative estimate of drug-likeness (QED) is 0.693. The third-order valence-electron chi connectivity index (χ3n) is 3.46. The van der Waals surface area contributed by atoms with Gasteiger partial charge in [0, 0.05) is 34.0 Å². The van der Waals surface area contributed by atoms with Crippen LogP contribution in [-0.4, -0.2) is 18.4 Å². The molecule has 0 spiro atoms. The first-order chi connectivity index (χ1) is 11.5. The second kappa shape index (κ2) is 9.06. The number of hydrogen-bond donors (Lipinski definition) is 2. The van der Waals surface area contributed by atoms with Gasteiger partial charge in [-0.2, -0.15) is 11.3 Å². The molecule has 128 valence electrons. The SMILES string of the molecule is C[C@@H](NC(=O)CCCNC(=O)c1ccsc1)c1ccc(Cl)cc1Cl. The summed E-state index contributed by atoms with van der Waals surface area (Å²) in [4.78, 5) is 23.7. The maximum Gasteiger partial charge on any atom is 0.252 e. The van der Waals surface area contributed by atoms with Crippen molar-refractivity contribution >= 4 is 46.4 Å². The van der Waals surface area contributed by atoms with Crippen molar-refractivity contribution in [3.8, 4) is 0 Å². The van der Waals surface area contributed by atoms with Crippen molar-refractivity contribution in [2.24, 2.45) is 0 Å². The van der Waals surface area contributed by atoms with Crippen LogP contribution in [-0.2, 0) is 4.79 Å². The molecule has 2 aromatic rings. The van der Waals surface area contributed by atoms with Crippen LogP contribution in [0.15, 0.2) is 35.0 Å². The molecule has 2 amide bonds. The molecule has 2 rings (SSSR count). The summed E-state index contributed by atoms with van der Waals surface area (Å²) < 4.78 is 0. The molecule has 0 unspecified atom stereocenters. The molecular formula is C17H18Cl2N2O2S. The number of carbonyl (C=O) groups is 2. The van der Waals surface area contributed by atoms with Crippen LogP contribution in [0.1, 0.15) is 41.7 Å². The lowest BCUT2D eigenvalue weighted by atomic mass is 10.1. The molecular weight excluding hydrogens is 367 g/mol. The van der Waals surface area contributed by atoms with Gasteiger partial charge < -0.3 is 10.6 Å². The van der Waals surface area contributed by atoms with Gasteiger partial charge in [0.2, 0.25) is 5.91 Å². The Kier molecular flexibility index (Phi) is 7.09. The summed E-state index contributed by atoms with van der Waals surface area (Å²) in [5, 5.41) is 10.4. The largest absolute Gasteiger partial charge is 0.352 e. The van der Waals surface area contributed by atoms with Crippen molar-refractivity contribution < 1.29 is 9.59 Å². The molecule has 0 bridgehead atoms. The highest BCUT2D eigenvalue weighted by atomic mass is 35.5. The van der Waals surface area contributed by atoms with Crippen LogP contribution in [0.2, 0.25) is 10.0 Å². The molecule has 1 heterocycles. The van der Waals surface area contributed by atoms with Gasteiger partial charge in [-0.15, -0.1) is 0 Å². The van der Waals surface area contributed by atoms with Gasteiger partial charge in [0.25, 0.3) is 5.91 Å². The van der Waals surface area contributed by atoms with Crippen LogP contribution in [0.5, 0.6) is 0 Å². The van der Waals surface area contributed by atoms with E-state index in [1.807, 2.05) is 12.3 Å². The highest BCUT2D eigenvalue weighted by Gasteiger charge is 2.13. The fourth-order valence-corrected chi connectivity index (χ4v) is 3.40. The first-order valence-electron chi connectivity index (χ1n) is 7.52. The summed E-state index contributed by atoms with van der Waals surface area (Å²) in [5.74, 6) is -0.198. The van der Waals surface area contributed by atoms with Gasteiger partial charge in [0.05, 0.1) is 6.04 Å². The van der Waals surface area contributed by atoms with Crippen LogP contribution in [0.3, 0.4) is 0 Å². The maximum absolute atomic E-state index is 12.0. The predicted molar refractivity (Wildman–Crippen MR) is 98.9 cm³/mol. The third kappa shape index (κ3) is 5.51. The molecule has 1 atom stereocenters. The lowest BCUT2D eigenvalue weighted by Gasteiger charge is -2.16. The Morgan fingerprint density at radius 1 is 1.25 bits per heavy atom. The maximum atomic E-state index is 12.0. The van der Waals surface area contributed by atoms with E-state index in [4.69, 9.17) is 23.2 Å². The number of thiophene rings is 1. The minimum absolute atomic E-state index is 0.0849. The molecule has 1 aromatic carbocycles. The molecule has 0 fully saturated rings. The minimum Gasteiger partial charge on any atom is -0.352 e. The van der Waals surface area contributed by atoms with E-state index in [1.54, 1.807) is 29.6 Å². The van der Waals surface area contributed by atoms with Crippen molar-refractivity contribution in [2.45, 2.75) is 25.8 Å². The van der Waals surface area contributed by atoms with Gasteiger partial charge in [-0.1, -0.05) is 29.3 Å². The Morgan fingerprint density at radius 3 is 2.71 bits per heavy atom. The fraction of sp³-hybridized carbons (Fsp3) is 0.294. The van der Waals surface area contributed by atoms with Gasteiger partial charge in [-0.05, 0) is 42.5 Å². The Morgan fingerprint density at radius 2 is 2.04 bits per heavy atom. The lowest BCUT2D eigenvalue weighted by Crippen LogP contribution is -2.29. The van der Waals surface area contributed by atoms with Crippen molar-refractivity contribution in [2.75, 3.05) is 6.54 Å². The number of nitrogens with one attached hydrogen (secondary N) is 2. The van der Waals surface area contributed by atoms with Crippen molar-refractivity contribution in [1.29, 1.82) is 0 Å². The van der Waals surface area contributed by atoms with Crippen LogP contribution in [0.4, 0.5) is 0 Å². The van der Waals surface area contributed by atoms with Crippen LogP contribution in [0, 0.1) is 0 Å². The molecule has 24 heavy (non-hydrogen) atoms. The second-order valence-electron chi connectivity index (χ2n) is 5.33. The predicted octanol–water partition coefficient (Wildman–Crippen LogP) is 4.44. The van der Waals surface area contributed by atoms with Gasteiger partial charge in [0.15, 0.2) is 0 Å². The average Bonchev–Trinajstić information content (AvgIpc) is 3.05. The molecule has 7 heteroatoms. The molecule has 2 N–H and O–H groups in total. The molecule has 1 aromatic heterocycles. The Bertz CT molecular complexity index is 705. The van der Waals surface area contributed by atoms with Crippen LogP contribution < -0.4 is 10.6 Å². The smallest absolute Gasteiger partial charge is 0.252 e. The lowest BCUT2D eigenvalue weighted by molar-refractivity contribution is -0.121. The average molecular weight is 385 g/mol. The number of carbonyl (C=O) groups excluding carboxylic acids is 2. The van der Waals surface area contributed by atoms with Gasteiger partial charge >= 0.3 is 0 Å². The molecule has 0 aliphatic rings.